The van der Waals surface area contributed by atoms with Gasteiger partial charge in [0.05, 0.1) is 0 Å². The van der Waals surface area contributed by atoms with E-state index in [2.05, 4.69) is 20.6 Å². The Morgan fingerprint density at radius 3 is 1.26 bits per heavy atom. The summed E-state index contributed by atoms with van der Waals surface area (Å²) in [4.78, 5) is 34.5. The summed E-state index contributed by atoms with van der Waals surface area (Å²) in [6, 6.07) is 7.57. The predicted molar refractivity (Wildman–Crippen MR) is 246 cm³/mol. The number of alkyl halides is 4. The Labute approximate surface area is 424 Å². The molecule has 396 valence electrons. The van der Waals surface area contributed by atoms with Crippen molar-refractivity contribution >= 4 is 89.5 Å². The van der Waals surface area contributed by atoms with Crippen molar-refractivity contribution < 1.29 is 89.2 Å². The van der Waals surface area contributed by atoms with Crippen molar-refractivity contribution in [2.45, 2.75) is 74.7 Å². The van der Waals surface area contributed by atoms with Crippen LogP contribution >= 0.6 is 23.5 Å². The number of hydrogen-bond acceptors (Lipinski definition) is 24. The summed E-state index contributed by atoms with van der Waals surface area (Å²) in [5.41, 5.74) is 13.4. The number of halogens is 4. The van der Waals surface area contributed by atoms with Crippen molar-refractivity contribution in [3.63, 3.8) is 0 Å². The molecule has 2 amide bonds. The minimum atomic E-state index is -5.17. The number of carbonyl (C=O) groups is 2. The number of anilines is 4. The topological polar surface area (TPSA) is 412 Å². The molecule has 6 N–H and O–H groups in total. The second-order valence-electron chi connectivity index (χ2n) is 15.1. The fourth-order valence-corrected chi connectivity index (χ4v) is 9.04. The van der Waals surface area contributed by atoms with E-state index in [1.54, 1.807) is 62.6 Å². The van der Waals surface area contributed by atoms with Crippen molar-refractivity contribution in [3.8, 4) is 34.3 Å². The number of ether oxygens (including phenoxy) is 2. The quantitative estimate of drug-likeness (QED) is 0.0961. The first-order chi connectivity index (χ1) is 33.7. The molecule has 2 aromatic heterocycles. The average molecular weight is 1130 g/mol. The van der Waals surface area contributed by atoms with Crippen LogP contribution in [0.4, 0.5) is 40.6 Å². The summed E-state index contributed by atoms with van der Waals surface area (Å²) in [6.45, 7) is 21.3. The molecule has 8 rings (SSSR count). The molecule has 6 heterocycles. The predicted octanol–water partition coefficient (Wildman–Crippen LogP) is 0.645. The number of aromatic nitrogens is 4. The van der Waals surface area contributed by atoms with Gasteiger partial charge in [0.1, 0.15) is 0 Å². The maximum absolute atomic E-state index is 13.4. The summed E-state index contributed by atoms with van der Waals surface area (Å²) < 4.78 is 171. The van der Waals surface area contributed by atoms with Crippen molar-refractivity contribution in [2.75, 3.05) is 45.2 Å². The monoisotopic (exact) mass is 1130 g/mol. The van der Waals surface area contributed by atoms with Gasteiger partial charge in [-0.3, -0.25) is 34.8 Å². The van der Waals surface area contributed by atoms with Gasteiger partial charge in [-0.2, -0.15) is 0 Å². The molecule has 2 saturated heterocycles. The van der Waals surface area contributed by atoms with Crippen LogP contribution < -0.4 is 41.4 Å². The number of carbonyl (C=O) groups excluding carboxylic acids is 2. The van der Waals surface area contributed by atoms with Crippen molar-refractivity contribution in [2.24, 2.45) is 11.5 Å². The first-order valence-corrected chi connectivity index (χ1v) is 26.4. The van der Waals surface area contributed by atoms with Gasteiger partial charge in [-0.1, -0.05) is 0 Å². The van der Waals surface area contributed by atoms with Gasteiger partial charge in [0.15, 0.2) is 0 Å². The van der Waals surface area contributed by atoms with Crippen molar-refractivity contribution in [1.29, 1.82) is 0 Å². The van der Waals surface area contributed by atoms with Gasteiger partial charge in [0.2, 0.25) is 0 Å². The number of imidazole rings is 2. The molecule has 35 heteroatoms. The number of amides is 2. The van der Waals surface area contributed by atoms with Gasteiger partial charge in [0, 0.05) is 31.2 Å². The summed E-state index contributed by atoms with van der Waals surface area (Å²) >= 11 is 2.35. The van der Waals surface area contributed by atoms with Gasteiger partial charge in [-0.15, -0.1) is 0 Å². The first-order valence-electron chi connectivity index (χ1n) is 20.3. The fourth-order valence-electron chi connectivity index (χ4n) is 6.82. The zero-order valence-electron chi connectivity index (χ0n) is 37.4. The number of thioether (sulfide) groups is 2. The van der Waals surface area contributed by atoms with Gasteiger partial charge >= 0.3 is 321 Å². The van der Waals surface area contributed by atoms with Crippen LogP contribution in [0.5, 0.6) is 11.5 Å². The van der Waals surface area contributed by atoms with Gasteiger partial charge < -0.3 is 38.8 Å². The van der Waals surface area contributed by atoms with Gasteiger partial charge in [-0.25, -0.2) is 0 Å². The van der Waals surface area contributed by atoms with Crippen LogP contribution in [-0.4, -0.2) is 156 Å². The molecular weight excluding hydrogens is 1090 g/mol. The first kappa shape index (κ1) is 60.2. The number of nitrogens with one attached hydrogen (secondary N) is 2. The molecule has 4 aromatic rings. The van der Waals surface area contributed by atoms with Crippen LogP contribution in [0.1, 0.15) is 13.8 Å². The molecule has 2 fully saturated rings. The standard InChI is InChI=1S/2C19H20F2N5O2S.3H2O4S/c2*1-10(18(22)27)23-12-3-4-13-15(7-12)28-6-5-25-8-16(24-19(13)25)26-11(2)29-9-14(26)17(20)21;3*1-5(2,3)4/h2*3-4,7-8,10-11,14,17,23H,5-6,9H2,1H3,(H2,22,27);3*(H2,1,2,3,4)/q2*+3;;;/p-6/t2*10-,11?,14?;;;/m00.../s1. The Kier molecular flexibility index (Phi) is 20.8. The third-order valence-corrected chi connectivity index (χ3v) is 12.1. The molecule has 0 radical (unpaired) electrons. The SMILES string of the molecule is O=S(=O)([O-])[O-].O=S(=O)([O-])[O-].O=S(=O)([O-])[O-].[C+3]C1SCC(C(F)F)N1c1cn2c(n1)-c1ccc(N[C@@H](C)C(N)=O)cc1OCC2.[C+3]C1SCC(C(F)F)N1c1cn2c(n1)-c1ccc(N[C@@H](C)C(N)=O)cc1OCC2. The van der Waals surface area contributed by atoms with E-state index in [0.717, 1.165) is 0 Å². The van der Waals surface area contributed by atoms with Crippen LogP contribution in [0.2, 0.25) is 0 Å². The molecule has 26 nitrogen and oxygen atoms in total. The van der Waals surface area contributed by atoms with E-state index in [1.165, 1.54) is 33.3 Å². The third kappa shape index (κ3) is 18.5. The van der Waals surface area contributed by atoms with Crippen molar-refractivity contribution in [3.05, 3.63) is 62.6 Å². The zero-order valence-corrected chi connectivity index (χ0v) is 41.5. The maximum atomic E-state index is 13.4. The van der Waals surface area contributed by atoms with Gasteiger partial charge in [0.25, 0.3) is 0 Å². The van der Waals surface area contributed by atoms with Crippen LogP contribution in [0, 0.1) is 13.8 Å². The van der Waals surface area contributed by atoms with E-state index in [4.69, 9.17) is 87.4 Å². The molecule has 4 aliphatic heterocycles. The minimum absolute atomic E-state index is 0.195. The fraction of sp³-hybridized carbons (Fsp3) is 0.421. The molecule has 2 aromatic carbocycles. The summed E-state index contributed by atoms with van der Waals surface area (Å²) in [6.07, 6.45) is -1.68. The number of benzene rings is 2. The van der Waals surface area contributed by atoms with E-state index in [9.17, 15) is 27.2 Å². The second kappa shape index (κ2) is 25.2. The Morgan fingerprint density at radius 1 is 0.658 bits per heavy atom. The molecule has 4 unspecified atom stereocenters. The number of hydrogen-bond donors (Lipinski definition) is 4. The Hall–Kier alpha value is -5.37. The molecule has 73 heavy (non-hydrogen) atoms. The number of fused-ring (bicyclic) bond motifs is 6. The number of rotatable bonds is 10. The number of primary amides is 2. The summed E-state index contributed by atoms with van der Waals surface area (Å²) in [5, 5.41) is 4.39. The van der Waals surface area contributed by atoms with E-state index in [1.807, 2.05) is 9.13 Å². The van der Waals surface area contributed by atoms with Crippen LogP contribution in [-0.2, 0) is 53.9 Å². The molecule has 0 bridgehead atoms. The number of nitrogens with zero attached hydrogens (tertiary/aromatic N) is 6. The molecule has 0 aliphatic carbocycles. The molecule has 4 aliphatic rings. The molecule has 0 saturated carbocycles. The van der Waals surface area contributed by atoms with E-state index in [-0.39, 0.29) is 11.5 Å². The van der Waals surface area contributed by atoms with Crippen molar-refractivity contribution in [1.82, 2.24) is 19.1 Å². The molecular formula is C38H40F4N10O16S5. The summed E-state index contributed by atoms with van der Waals surface area (Å²) in [5.74, 6) is 2.53. The number of nitrogens with two attached hydrogens (primary N) is 2. The second-order valence-corrected chi connectivity index (χ2v) is 19.8. The summed E-state index contributed by atoms with van der Waals surface area (Å²) in [7, 11) is -15.5. The molecule has 0 spiro atoms. The third-order valence-electron chi connectivity index (χ3n) is 9.95. The Bertz CT molecular complexity index is 2660. The normalized spacial score (nSPS) is 19.8. The van der Waals surface area contributed by atoms with Crippen LogP contribution in [0.25, 0.3) is 22.8 Å². The van der Waals surface area contributed by atoms with E-state index >= 15 is 0 Å². The van der Waals surface area contributed by atoms with E-state index < -0.39 is 90.8 Å². The van der Waals surface area contributed by atoms with Gasteiger partial charge in [-0.05, 0) is 0 Å². The van der Waals surface area contributed by atoms with E-state index in [0.29, 0.717) is 83.6 Å². The Balaban J connectivity index is 0.000000248. The average Bonchev–Trinajstić information content (AvgIpc) is 4.01. The molecule has 6 atom stereocenters. The van der Waals surface area contributed by atoms with Crippen LogP contribution in [0.3, 0.4) is 0 Å². The Morgan fingerprint density at radius 2 is 0.973 bits per heavy atom. The van der Waals surface area contributed by atoms with Crippen LogP contribution in [0.15, 0.2) is 48.8 Å². The zero-order chi connectivity index (χ0) is 54.9.